The molecule has 0 saturated carbocycles. The van der Waals surface area contributed by atoms with E-state index in [1.54, 1.807) is 16.8 Å². The molecule has 1 aromatic rings. The maximum atomic E-state index is 12.5. The molecule has 0 bridgehead atoms. The van der Waals surface area contributed by atoms with E-state index in [1.807, 2.05) is 24.3 Å². The Balaban J connectivity index is 2.01. The van der Waals surface area contributed by atoms with Gasteiger partial charge < -0.3 is 15.1 Å². The lowest BCUT2D eigenvalue weighted by atomic mass is 9.96. The summed E-state index contributed by atoms with van der Waals surface area (Å²) in [6.07, 6.45) is 0. The molecular weight excluding hydrogens is 322 g/mol. The molecule has 0 aromatic heterocycles. The van der Waals surface area contributed by atoms with Crippen molar-refractivity contribution in [2.75, 3.05) is 26.7 Å². The first-order valence-electron chi connectivity index (χ1n) is 6.60. The lowest BCUT2D eigenvalue weighted by Crippen LogP contribution is -2.65. The van der Waals surface area contributed by atoms with E-state index >= 15 is 0 Å². The third-order valence-corrected chi connectivity index (χ3v) is 4.42. The normalized spacial score (nSPS) is 26.7. The molecule has 1 N–H and O–H groups in total. The van der Waals surface area contributed by atoms with E-state index < -0.39 is 6.04 Å². The molecule has 2 aliphatic heterocycles. The van der Waals surface area contributed by atoms with Crippen molar-refractivity contribution >= 4 is 27.7 Å². The molecule has 2 aliphatic rings. The fraction of sp³-hybridized carbons (Fsp3) is 0.429. The van der Waals surface area contributed by atoms with Gasteiger partial charge in [-0.25, -0.2) is 0 Å². The number of rotatable bonds is 1. The molecule has 1 aromatic carbocycles. The van der Waals surface area contributed by atoms with Crippen molar-refractivity contribution in [2.24, 2.45) is 0 Å². The van der Waals surface area contributed by atoms with Gasteiger partial charge in [-0.1, -0.05) is 28.1 Å². The molecule has 3 rings (SSSR count). The van der Waals surface area contributed by atoms with Gasteiger partial charge in [-0.05, 0) is 17.7 Å². The number of nitrogens with one attached hydrogen (secondary N) is 1. The molecule has 2 unspecified atom stereocenters. The van der Waals surface area contributed by atoms with Crippen molar-refractivity contribution in [3.63, 3.8) is 0 Å². The Morgan fingerprint density at radius 2 is 1.95 bits per heavy atom. The minimum absolute atomic E-state index is 0.00406. The van der Waals surface area contributed by atoms with Gasteiger partial charge >= 0.3 is 0 Å². The van der Waals surface area contributed by atoms with Crippen LogP contribution in [0.4, 0.5) is 0 Å². The van der Waals surface area contributed by atoms with Crippen LogP contribution in [0, 0.1) is 0 Å². The molecule has 0 spiro atoms. The molecule has 2 fully saturated rings. The Morgan fingerprint density at radius 1 is 1.25 bits per heavy atom. The van der Waals surface area contributed by atoms with Crippen LogP contribution >= 0.6 is 15.9 Å². The van der Waals surface area contributed by atoms with Crippen molar-refractivity contribution in [3.8, 4) is 0 Å². The number of nitrogens with zero attached hydrogens (tertiary/aromatic N) is 2. The van der Waals surface area contributed by atoms with Crippen LogP contribution in [-0.2, 0) is 9.59 Å². The predicted octanol–water partition coefficient (Wildman–Crippen LogP) is 0.763. The summed E-state index contributed by atoms with van der Waals surface area (Å²) in [7, 11) is 1.80. The van der Waals surface area contributed by atoms with Crippen LogP contribution < -0.4 is 5.32 Å². The standard InChI is InChI=1S/C14H16BrN3O2/c1-17-8-11-6-16-7-12(19)18(11)13(14(17)20)9-2-4-10(15)5-3-9/h2-5,11,13,16H,6-8H2,1H3. The van der Waals surface area contributed by atoms with Crippen LogP contribution in [0.5, 0.6) is 0 Å². The van der Waals surface area contributed by atoms with Crippen molar-refractivity contribution in [2.45, 2.75) is 12.1 Å². The Hall–Kier alpha value is -1.40. The van der Waals surface area contributed by atoms with Gasteiger partial charge in [-0.15, -0.1) is 0 Å². The van der Waals surface area contributed by atoms with Gasteiger partial charge in [-0.2, -0.15) is 0 Å². The van der Waals surface area contributed by atoms with E-state index in [-0.39, 0.29) is 17.9 Å². The summed E-state index contributed by atoms with van der Waals surface area (Å²) in [6.45, 7) is 1.63. The number of fused-ring (bicyclic) bond motifs is 1. The Kier molecular flexibility index (Phi) is 3.52. The van der Waals surface area contributed by atoms with Gasteiger partial charge in [0, 0.05) is 24.6 Å². The number of likely N-dealkylation sites (N-methyl/N-ethyl adjacent to an activating group) is 1. The van der Waals surface area contributed by atoms with Crippen molar-refractivity contribution in [1.29, 1.82) is 0 Å². The molecule has 2 amide bonds. The summed E-state index contributed by atoms with van der Waals surface area (Å²) in [5.41, 5.74) is 0.866. The summed E-state index contributed by atoms with van der Waals surface area (Å²) in [6, 6.07) is 7.16. The smallest absolute Gasteiger partial charge is 0.249 e. The quantitative estimate of drug-likeness (QED) is 0.823. The van der Waals surface area contributed by atoms with Gasteiger partial charge in [0.25, 0.3) is 0 Å². The van der Waals surface area contributed by atoms with Crippen molar-refractivity contribution in [1.82, 2.24) is 15.1 Å². The number of hydrogen-bond donors (Lipinski definition) is 1. The average Bonchev–Trinajstić information content (AvgIpc) is 2.42. The van der Waals surface area contributed by atoms with Crippen LogP contribution in [0.3, 0.4) is 0 Å². The molecule has 0 radical (unpaired) electrons. The lowest BCUT2D eigenvalue weighted by molar-refractivity contribution is -0.156. The molecule has 2 atom stereocenters. The molecule has 20 heavy (non-hydrogen) atoms. The van der Waals surface area contributed by atoms with Crippen LogP contribution in [0.25, 0.3) is 0 Å². The largest absolute Gasteiger partial charge is 0.342 e. The Morgan fingerprint density at radius 3 is 2.65 bits per heavy atom. The molecule has 2 saturated heterocycles. The van der Waals surface area contributed by atoms with Gasteiger partial charge in [0.05, 0.1) is 12.6 Å². The number of piperazine rings is 2. The molecule has 0 aliphatic carbocycles. The van der Waals surface area contributed by atoms with E-state index in [1.165, 1.54) is 0 Å². The fourth-order valence-electron chi connectivity index (χ4n) is 2.93. The van der Waals surface area contributed by atoms with Crippen molar-refractivity contribution in [3.05, 3.63) is 34.3 Å². The zero-order chi connectivity index (χ0) is 14.3. The van der Waals surface area contributed by atoms with E-state index in [4.69, 9.17) is 0 Å². The summed E-state index contributed by atoms with van der Waals surface area (Å²) < 4.78 is 0.959. The number of halogens is 1. The summed E-state index contributed by atoms with van der Waals surface area (Å²) in [5, 5.41) is 3.11. The molecular formula is C14H16BrN3O2. The maximum absolute atomic E-state index is 12.5. The Bertz CT molecular complexity index is 546. The minimum atomic E-state index is -0.499. The lowest BCUT2D eigenvalue weighted by Gasteiger charge is -2.47. The van der Waals surface area contributed by atoms with Gasteiger partial charge in [-0.3, -0.25) is 9.59 Å². The number of benzene rings is 1. The topological polar surface area (TPSA) is 52.7 Å². The van der Waals surface area contributed by atoms with E-state index in [2.05, 4.69) is 21.2 Å². The SMILES string of the molecule is CN1CC2CNCC(=O)N2C(c2ccc(Br)cc2)C1=O. The van der Waals surface area contributed by atoms with Crippen molar-refractivity contribution < 1.29 is 9.59 Å². The maximum Gasteiger partial charge on any atom is 0.249 e. The zero-order valence-corrected chi connectivity index (χ0v) is 12.8. The minimum Gasteiger partial charge on any atom is -0.342 e. The van der Waals surface area contributed by atoms with Gasteiger partial charge in [0.1, 0.15) is 6.04 Å². The second-order valence-electron chi connectivity index (χ2n) is 5.26. The highest BCUT2D eigenvalue weighted by atomic mass is 79.9. The monoisotopic (exact) mass is 337 g/mol. The average molecular weight is 338 g/mol. The summed E-state index contributed by atoms with van der Waals surface area (Å²) in [5.74, 6) is -0.0190. The fourth-order valence-corrected chi connectivity index (χ4v) is 3.19. The first-order valence-corrected chi connectivity index (χ1v) is 7.39. The number of carbonyl (C=O) groups is 2. The summed E-state index contributed by atoms with van der Waals surface area (Å²) >= 11 is 3.39. The highest BCUT2D eigenvalue weighted by Gasteiger charge is 2.44. The number of carbonyl (C=O) groups excluding carboxylic acids is 2. The third-order valence-electron chi connectivity index (χ3n) is 3.90. The van der Waals surface area contributed by atoms with E-state index in [0.29, 0.717) is 13.1 Å². The van der Waals surface area contributed by atoms with E-state index in [9.17, 15) is 9.59 Å². The summed E-state index contributed by atoms with van der Waals surface area (Å²) in [4.78, 5) is 28.2. The van der Waals surface area contributed by atoms with Crippen LogP contribution in [0.2, 0.25) is 0 Å². The Labute approximate surface area is 126 Å². The second-order valence-corrected chi connectivity index (χ2v) is 6.17. The third kappa shape index (κ3) is 2.23. The highest BCUT2D eigenvalue weighted by molar-refractivity contribution is 9.10. The first-order chi connectivity index (χ1) is 9.58. The second kappa shape index (κ2) is 5.18. The molecule has 106 valence electrons. The van der Waals surface area contributed by atoms with Gasteiger partial charge in [0.15, 0.2) is 0 Å². The zero-order valence-electron chi connectivity index (χ0n) is 11.2. The van der Waals surface area contributed by atoms with Crippen LogP contribution in [-0.4, -0.2) is 54.3 Å². The first kappa shape index (κ1) is 13.6. The molecule has 5 nitrogen and oxygen atoms in total. The predicted molar refractivity (Wildman–Crippen MR) is 78.0 cm³/mol. The number of amides is 2. The van der Waals surface area contributed by atoms with E-state index in [0.717, 1.165) is 16.6 Å². The van der Waals surface area contributed by atoms with Crippen LogP contribution in [0.1, 0.15) is 11.6 Å². The highest BCUT2D eigenvalue weighted by Crippen LogP contribution is 2.31. The molecule has 2 heterocycles. The molecule has 6 heteroatoms. The van der Waals surface area contributed by atoms with Gasteiger partial charge in [0.2, 0.25) is 11.8 Å². The van der Waals surface area contributed by atoms with Crippen LogP contribution in [0.15, 0.2) is 28.7 Å². The number of hydrogen-bond acceptors (Lipinski definition) is 3.